The van der Waals surface area contributed by atoms with Gasteiger partial charge in [-0.3, -0.25) is 9.59 Å². The highest BCUT2D eigenvalue weighted by atomic mass is 16.5. The first-order valence-corrected chi connectivity index (χ1v) is 9.28. The van der Waals surface area contributed by atoms with Crippen molar-refractivity contribution in [3.05, 3.63) is 65.7 Å². The van der Waals surface area contributed by atoms with E-state index in [1.165, 1.54) is 24.5 Å². The normalized spacial score (nSPS) is 10.2. The van der Waals surface area contributed by atoms with Gasteiger partial charge < -0.3 is 15.0 Å². The lowest BCUT2D eigenvalue weighted by Gasteiger charge is -2.21. The van der Waals surface area contributed by atoms with Crippen molar-refractivity contribution in [3.8, 4) is 0 Å². The van der Waals surface area contributed by atoms with Crippen molar-refractivity contribution in [3.63, 3.8) is 0 Å². The summed E-state index contributed by atoms with van der Waals surface area (Å²) in [4.78, 5) is 37.1. The van der Waals surface area contributed by atoms with Gasteiger partial charge in [0.2, 0.25) is 11.8 Å². The topological polar surface area (TPSA) is 75.7 Å². The van der Waals surface area contributed by atoms with E-state index in [1.54, 1.807) is 24.3 Å². The second-order valence-corrected chi connectivity index (χ2v) is 6.40. The zero-order valence-corrected chi connectivity index (χ0v) is 16.3. The number of benzene rings is 2. The van der Waals surface area contributed by atoms with Crippen LogP contribution < -0.4 is 10.2 Å². The van der Waals surface area contributed by atoms with E-state index in [1.807, 2.05) is 18.2 Å². The number of anilines is 1. The zero-order valence-electron chi connectivity index (χ0n) is 16.3. The predicted octanol–water partition coefficient (Wildman–Crippen LogP) is 2.97. The SMILES string of the molecule is COC(=O)c1ccc(N(CCC(=O)NCCCc2ccccc2)C(C)=O)cc1. The first-order valence-electron chi connectivity index (χ1n) is 9.28. The molecule has 6 heteroatoms. The molecule has 0 aliphatic heterocycles. The van der Waals surface area contributed by atoms with Gasteiger partial charge in [-0.1, -0.05) is 30.3 Å². The molecule has 0 saturated carbocycles. The second kappa shape index (κ2) is 10.9. The lowest BCUT2D eigenvalue weighted by molar-refractivity contribution is -0.121. The number of amides is 2. The third-order valence-electron chi connectivity index (χ3n) is 4.35. The number of aryl methyl sites for hydroxylation is 1. The second-order valence-electron chi connectivity index (χ2n) is 6.40. The molecule has 0 bridgehead atoms. The van der Waals surface area contributed by atoms with E-state index in [0.29, 0.717) is 17.8 Å². The van der Waals surface area contributed by atoms with Gasteiger partial charge in [0, 0.05) is 32.1 Å². The van der Waals surface area contributed by atoms with Gasteiger partial charge in [0.1, 0.15) is 0 Å². The minimum atomic E-state index is -0.434. The summed E-state index contributed by atoms with van der Waals surface area (Å²) in [6, 6.07) is 16.7. The fraction of sp³-hybridized carbons (Fsp3) is 0.318. The summed E-state index contributed by atoms with van der Waals surface area (Å²) in [6.07, 6.45) is 1.98. The summed E-state index contributed by atoms with van der Waals surface area (Å²) < 4.78 is 4.67. The Labute approximate surface area is 165 Å². The number of methoxy groups -OCH3 is 1. The van der Waals surface area contributed by atoms with Gasteiger partial charge in [0.05, 0.1) is 12.7 Å². The van der Waals surface area contributed by atoms with E-state index < -0.39 is 5.97 Å². The van der Waals surface area contributed by atoms with Crippen molar-refractivity contribution in [1.82, 2.24) is 5.32 Å². The Bertz CT molecular complexity index is 788. The summed E-state index contributed by atoms with van der Waals surface area (Å²) in [5, 5.41) is 2.89. The summed E-state index contributed by atoms with van der Waals surface area (Å²) >= 11 is 0. The zero-order chi connectivity index (χ0) is 20.4. The van der Waals surface area contributed by atoms with Crippen LogP contribution in [-0.4, -0.2) is 38.0 Å². The van der Waals surface area contributed by atoms with Crippen LogP contribution in [0.4, 0.5) is 5.69 Å². The number of carbonyl (C=O) groups excluding carboxylic acids is 3. The van der Waals surface area contributed by atoms with Crippen molar-refractivity contribution in [2.75, 3.05) is 25.1 Å². The molecular weight excluding hydrogens is 356 g/mol. The van der Waals surface area contributed by atoms with Crippen molar-refractivity contribution < 1.29 is 19.1 Å². The van der Waals surface area contributed by atoms with Crippen LogP contribution in [0.5, 0.6) is 0 Å². The maximum Gasteiger partial charge on any atom is 0.337 e. The predicted molar refractivity (Wildman–Crippen MR) is 108 cm³/mol. The fourth-order valence-corrected chi connectivity index (χ4v) is 2.83. The molecule has 0 fully saturated rings. The number of rotatable bonds is 9. The van der Waals surface area contributed by atoms with Crippen LogP contribution in [0.2, 0.25) is 0 Å². The summed E-state index contributed by atoms with van der Waals surface area (Å²) in [6.45, 7) is 2.32. The first-order chi connectivity index (χ1) is 13.5. The fourth-order valence-electron chi connectivity index (χ4n) is 2.83. The lowest BCUT2D eigenvalue weighted by atomic mass is 10.1. The summed E-state index contributed by atoms with van der Waals surface area (Å²) in [5.41, 5.74) is 2.29. The third kappa shape index (κ3) is 6.54. The molecule has 0 atom stereocenters. The molecule has 2 rings (SSSR count). The highest BCUT2D eigenvalue weighted by Gasteiger charge is 2.14. The molecule has 6 nitrogen and oxygen atoms in total. The molecular formula is C22H26N2O4. The molecule has 0 saturated heterocycles. The Morgan fingerprint density at radius 3 is 2.29 bits per heavy atom. The number of carbonyl (C=O) groups is 3. The molecule has 0 heterocycles. The van der Waals surface area contributed by atoms with Crippen LogP contribution in [0, 0.1) is 0 Å². The quantitative estimate of drug-likeness (QED) is 0.534. The molecule has 0 radical (unpaired) electrons. The molecule has 0 spiro atoms. The van der Waals surface area contributed by atoms with E-state index in [9.17, 15) is 14.4 Å². The number of hydrogen-bond acceptors (Lipinski definition) is 4. The van der Waals surface area contributed by atoms with E-state index in [4.69, 9.17) is 0 Å². The highest BCUT2D eigenvalue weighted by molar-refractivity contribution is 5.94. The Morgan fingerprint density at radius 1 is 1.00 bits per heavy atom. The van der Waals surface area contributed by atoms with Crippen LogP contribution >= 0.6 is 0 Å². The van der Waals surface area contributed by atoms with Crippen molar-refractivity contribution in [2.45, 2.75) is 26.2 Å². The first kappa shape index (κ1) is 21.2. The third-order valence-corrected chi connectivity index (χ3v) is 4.35. The van der Waals surface area contributed by atoms with Gasteiger partial charge in [0.25, 0.3) is 0 Å². The monoisotopic (exact) mass is 382 g/mol. The van der Waals surface area contributed by atoms with Crippen molar-refractivity contribution >= 4 is 23.5 Å². The van der Waals surface area contributed by atoms with Crippen LogP contribution in [-0.2, 0) is 20.7 Å². The molecule has 0 aliphatic rings. The van der Waals surface area contributed by atoms with Crippen LogP contribution in [0.15, 0.2) is 54.6 Å². The maximum atomic E-state index is 12.1. The molecule has 148 valence electrons. The van der Waals surface area contributed by atoms with E-state index in [2.05, 4.69) is 22.2 Å². The van der Waals surface area contributed by atoms with Gasteiger partial charge >= 0.3 is 5.97 Å². The average molecular weight is 382 g/mol. The van der Waals surface area contributed by atoms with Gasteiger partial charge in [-0.2, -0.15) is 0 Å². The Morgan fingerprint density at radius 2 is 1.68 bits per heavy atom. The van der Waals surface area contributed by atoms with E-state index in [0.717, 1.165) is 12.8 Å². The number of nitrogens with zero attached hydrogens (tertiary/aromatic N) is 1. The van der Waals surface area contributed by atoms with Crippen molar-refractivity contribution in [1.29, 1.82) is 0 Å². The van der Waals surface area contributed by atoms with Crippen LogP contribution in [0.3, 0.4) is 0 Å². The molecule has 2 aromatic rings. The smallest absolute Gasteiger partial charge is 0.337 e. The number of hydrogen-bond donors (Lipinski definition) is 1. The summed E-state index contributed by atoms with van der Waals surface area (Å²) in [5.74, 6) is -0.691. The molecule has 0 unspecified atom stereocenters. The van der Waals surface area contributed by atoms with Crippen LogP contribution in [0.1, 0.15) is 35.7 Å². The maximum absolute atomic E-state index is 12.1. The Kier molecular flexibility index (Phi) is 8.21. The van der Waals surface area contributed by atoms with Gasteiger partial charge in [0.15, 0.2) is 0 Å². The van der Waals surface area contributed by atoms with Gasteiger partial charge in [-0.25, -0.2) is 4.79 Å². The molecule has 0 aromatic heterocycles. The molecule has 28 heavy (non-hydrogen) atoms. The molecule has 0 aliphatic carbocycles. The Hall–Kier alpha value is -3.15. The highest BCUT2D eigenvalue weighted by Crippen LogP contribution is 2.16. The number of ether oxygens (including phenoxy) is 1. The number of esters is 1. The largest absolute Gasteiger partial charge is 0.465 e. The standard InChI is InChI=1S/C22H26N2O4/c1-17(25)24(20-12-10-19(11-13-20)22(27)28-2)16-14-21(26)23-15-6-9-18-7-4-3-5-8-18/h3-5,7-8,10-13H,6,9,14-16H2,1-2H3,(H,23,26). The Balaban J connectivity index is 1.79. The molecule has 2 amide bonds. The average Bonchev–Trinajstić information content (AvgIpc) is 2.72. The number of nitrogens with one attached hydrogen (secondary N) is 1. The lowest BCUT2D eigenvalue weighted by Crippen LogP contribution is -2.34. The van der Waals surface area contributed by atoms with E-state index >= 15 is 0 Å². The molecule has 2 aromatic carbocycles. The minimum absolute atomic E-state index is 0.0921. The minimum Gasteiger partial charge on any atom is -0.465 e. The molecule has 1 N–H and O–H groups in total. The van der Waals surface area contributed by atoms with Gasteiger partial charge in [-0.15, -0.1) is 0 Å². The van der Waals surface area contributed by atoms with Gasteiger partial charge in [-0.05, 0) is 42.7 Å². The van der Waals surface area contributed by atoms with Crippen LogP contribution in [0.25, 0.3) is 0 Å². The summed E-state index contributed by atoms with van der Waals surface area (Å²) in [7, 11) is 1.32. The van der Waals surface area contributed by atoms with Crippen molar-refractivity contribution in [2.24, 2.45) is 0 Å². The van der Waals surface area contributed by atoms with E-state index in [-0.39, 0.29) is 24.8 Å².